The lowest BCUT2D eigenvalue weighted by atomic mass is 9.78. The number of epoxide rings is 1. The molecule has 1 aliphatic heterocycles. The molecule has 4 aromatic rings. The lowest BCUT2D eigenvalue weighted by Crippen LogP contribution is -2.26. The van der Waals surface area contributed by atoms with E-state index in [9.17, 15) is 5.11 Å². The molecule has 0 radical (unpaired) electrons. The Bertz CT molecular complexity index is 1820. The van der Waals surface area contributed by atoms with Crippen LogP contribution in [0.25, 0.3) is 0 Å². The van der Waals surface area contributed by atoms with Crippen molar-refractivity contribution in [2.45, 2.75) is 57.7 Å². The Morgan fingerprint density at radius 3 is 1.16 bits per heavy atom. The number of benzene rings is 4. The van der Waals surface area contributed by atoms with Crippen LogP contribution in [0.3, 0.4) is 0 Å². The van der Waals surface area contributed by atoms with Gasteiger partial charge in [0.1, 0.15) is 49.3 Å². The first-order valence-electron chi connectivity index (χ1n) is 15.5. The maximum Gasteiger partial charge on any atom is 0.147 e. The number of ether oxygens (including phenoxy) is 4. The van der Waals surface area contributed by atoms with E-state index in [1.54, 1.807) is 0 Å². The van der Waals surface area contributed by atoms with Gasteiger partial charge in [-0.1, -0.05) is 59.6 Å². The lowest BCUT2D eigenvalue weighted by molar-refractivity contribution is 0.0615. The molecule has 1 aliphatic rings. The first kappa shape index (κ1) is 41.2. The molecule has 5 rings (SSSR count). The molecule has 268 valence electrons. The molecule has 5 nitrogen and oxygen atoms in total. The van der Waals surface area contributed by atoms with E-state index >= 15 is 0 Å². The summed E-state index contributed by atoms with van der Waals surface area (Å²) in [6.07, 6.45) is -0.714. The van der Waals surface area contributed by atoms with Crippen molar-refractivity contribution in [2.24, 2.45) is 0 Å². The second kappa shape index (κ2) is 16.8. The van der Waals surface area contributed by atoms with Crippen molar-refractivity contribution in [1.82, 2.24) is 0 Å². The van der Waals surface area contributed by atoms with Gasteiger partial charge in [0, 0.05) is 19.8 Å². The maximum atomic E-state index is 10.9. The molecule has 1 N–H and O–H groups in total. The highest BCUT2D eigenvalue weighted by Gasteiger charge is 2.30. The highest BCUT2D eigenvalue weighted by molar-refractivity contribution is 9.12. The minimum Gasteiger partial charge on any atom is -0.488 e. The van der Waals surface area contributed by atoms with E-state index in [2.05, 4.69) is 198 Å². The van der Waals surface area contributed by atoms with Gasteiger partial charge in [-0.3, -0.25) is 0 Å². The summed E-state index contributed by atoms with van der Waals surface area (Å²) in [5.41, 5.74) is 4.93. The quantitative estimate of drug-likeness (QED) is 0.135. The SMILES string of the molecule is Cc1c(Br)cc(C(C)(C)c2cc(Br)c(OCC(O)COc3c(Br)cc(C(C)(C)c4cc(Br)c(OCC5CO5)c(Br)c4)cc3Br)c(Br)c2)cc1Br. The number of halogens is 8. The van der Waals surface area contributed by atoms with Gasteiger partial charge >= 0.3 is 0 Å². The fraction of sp³-hybridized carbons (Fsp3) is 0.351. The average molecular weight is 1200 g/mol. The predicted octanol–water partition coefficient (Wildman–Crippen LogP) is 13.3. The van der Waals surface area contributed by atoms with Crippen LogP contribution in [0.4, 0.5) is 0 Å². The number of hydrogen-bond donors (Lipinski definition) is 1. The van der Waals surface area contributed by atoms with E-state index in [1.165, 1.54) is 0 Å². The molecule has 1 saturated heterocycles. The molecule has 13 heteroatoms. The second-order valence-corrected chi connectivity index (χ2v) is 20.0. The Kier molecular flexibility index (Phi) is 13.9. The van der Waals surface area contributed by atoms with Crippen LogP contribution in [0.15, 0.2) is 84.3 Å². The van der Waals surface area contributed by atoms with Crippen LogP contribution >= 0.6 is 127 Å². The normalized spacial score (nSPS) is 15.2. The van der Waals surface area contributed by atoms with Gasteiger partial charge in [0.25, 0.3) is 0 Å². The van der Waals surface area contributed by atoms with E-state index in [-0.39, 0.29) is 30.1 Å². The van der Waals surface area contributed by atoms with E-state index in [4.69, 9.17) is 18.9 Å². The van der Waals surface area contributed by atoms with Gasteiger partial charge in [-0.2, -0.15) is 0 Å². The first-order valence-corrected chi connectivity index (χ1v) is 21.9. The molecule has 1 heterocycles. The zero-order valence-corrected chi connectivity index (χ0v) is 40.4. The van der Waals surface area contributed by atoms with Gasteiger partial charge in [-0.05, 0) is 179 Å². The lowest BCUT2D eigenvalue weighted by Gasteiger charge is -2.28. The van der Waals surface area contributed by atoms with E-state index in [0.29, 0.717) is 18.1 Å². The Hall–Kier alpha value is 0.0400. The van der Waals surface area contributed by atoms with Gasteiger partial charge in [0.05, 0.1) is 33.4 Å². The summed E-state index contributed by atoms with van der Waals surface area (Å²) in [5, 5.41) is 10.9. The minimum atomic E-state index is -0.885. The van der Waals surface area contributed by atoms with Crippen LogP contribution < -0.4 is 14.2 Å². The molecular weight excluding hydrogens is 1160 g/mol. The van der Waals surface area contributed by atoms with Crippen molar-refractivity contribution in [3.8, 4) is 17.2 Å². The molecule has 4 aromatic carbocycles. The Morgan fingerprint density at radius 2 is 0.860 bits per heavy atom. The summed E-state index contributed by atoms with van der Waals surface area (Å²) in [4.78, 5) is 0. The minimum absolute atomic E-state index is 0.0325. The molecule has 2 atom stereocenters. The van der Waals surface area contributed by atoms with Crippen LogP contribution in [-0.2, 0) is 15.6 Å². The molecule has 0 saturated carbocycles. The zero-order valence-electron chi connectivity index (χ0n) is 27.7. The third kappa shape index (κ3) is 9.45. The summed E-state index contributed by atoms with van der Waals surface area (Å²) in [6.45, 7) is 12.1. The Labute approximate surface area is 361 Å². The second-order valence-electron chi connectivity index (χ2n) is 13.2. The maximum absolute atomic E-state index is 10.9. The van der Waals surface area contributed by atoms with E-state index in [1.807, 2.05) is 12.1 Å². The molecule has 0 aliphatic carbocycles. The predicted molar refractivity (Wildman–Crippen MR) is 229 cm³/mol. The molecule has 1 fully saturated rings. The van der Waals surface area contributed by atoms with Crippen LogP contribution in [0.5, 0.6) is 17.2 Å². The van der Waals surface area contributed by atoms with Crippen molar-refractivity contribution in [3.63, 3.8) is 0 Å². The van der Waals surface area contributed by atoms with Gasteiger partial charge in [0.15, 0.2) is 0 Å². The largest absolute Gasteiger partial charge is 0.488 e. The Morgan fingerprint density at radius 1 is 0.580 bits per heavy atom. The van der Waals surface area contributed by atoms with Crippen LogP contribution in [0.2, 0.25) is 0 Å². The number of hydrogen-bond acceptors (Lipinski definition) is 5. The molecule has 50 heavy (non-hydrogen) atoms. The fourth-order valence-electron chi connectivity index (χ4n) is 5.26. The number of rotatable bonds is 13. The van der Waals surface area contributed by atoms with Crippen molar-refractivity contribution in [1.29, 1.82) is 0 Å². The van der Waals surface area contributed by atoms with E-state index < -0.39 is 6.10 Å². The van der Waals surface area contributed by atoms with Crippen molar-refractivity contribution >= 4 is 127 Å². The molecular formula is C37H34Br8O5. The van der Waals surface area contributed by atoms with Gasteiger partial charge in [-0.25, -0.2) is 0 Å². The van der Waals surface area contributed by atoms with Crippen LogP contribution in [-0.4, -0.2) is 43.7 Å². The van der Waals surface area contributed by atoms with Crippen molar-refractivity contribution < 1.29 is 24.1 Å². The topological polar surface area (TPSA) is 60.5 Å². The van der Waals surface area contributed by atoms with Crippen molar-refractivity contribution in [3.05, 3.63) is 112 Å². The highest BCUT2D eigenvalue weighted by atomic mass is 79.9. The fourth-order valence-corrected chi connectivity index (χ4v) is 10.7. The zero-order chi connectivity index (χ0) is 36.7. The van der Waals surface area contributed by atoms with Gasteiger partial charge in [0.2, 0.25) is 0 Å². The number of aliphatic hydroxyl groups is 1. The summed E-state index contributed by atoms with van der Waals surface area (Å²) in [6, 6.07) is 16.7. The molecule has 2 unspecified atom stereocenters. The van der Waals surface area contributed by atoms with Crippen molar-refractivity contribution in [2.75, 3.05) is 26.4 Å². The van der Waals surface area contributed by atoms with Gasteiger partial charge < -0.3 is 24.1 Å². The summed E-state index contributed by atoms with van der Waals surface area (Å²) in [5.74, 6) is 1.97. The third-order valence-corrected chi connectivity index (χ3v) is 14.0. The third-order valence-electron chi connectivity index (χ3n) is 8.82. The van der Waals surface area contributed by atoms with Crippen LogP contribution in [0, 0.1) is 6.92 Å². The smallest absolute Gasteiger partial charge is 0.147 e. The highest BCUT2D eigenvalue weighted by Crippen LogP contribution is 2.45. The molecule has 0 spiro atoms. The molecule has 0 aromatic heterocycles. The van der Waals surface area contributed by atoms with Crippen LogP contribution in [0.1, 0.15) is 55.5 Å². The standard InChI is InChI=1S/C37H34Br8O5/c1-18-25(38)6-19(7-26(18)39)36(2,3)20-8-27(40)33(28(41)9-20)48-14-23(46)15-49-34-29(42)10-21(11-30(34)43)37(4,5)22-12-31(44)35(32(45)13-22)50-17-24-16-47-24/h6-13,23-24,46H,14-17H2,1-5H3. The molecule has 0 bridgehead atoms. The summed E-state index contributed by atoms with van der Waals surface area (Å²) >= 11 is 29.6. The number of aliphatic hydroxyl groups excluding tert-OH is 1. The summed E-state index contributed by atoms with van der Waals surface area (Å²) in [7, 11) is 0. The van der Waals surface area contributed by atoms with E-state index in [0.717, 1.165) is 76.0 Å². The summed E-state index contributed by atoms with van der Waals surface area (Å²) < 4.78 is 30.4. The monoisotopic (exact) mass is 1190 g/mol. The van der Waals surface area contributed by atoms with Gasteiger partial charge in [-0.15, -0.1) is 0 Å². The first-order chi connectivity index (χ1) is 23.4. The average Bonchev–Trinajstić information content (AvgIpc) is 3.86. The molecule has 0 amide bonds. The Balaban J connectivity index is 1.23.